The van der Waals surface area contributed by atoms with E-state index >= 15 is 0 Å². The Kier molecular flexibility index (Phi) is 57.1. The van der Waals surface area contributed by atoms with Gasteiger partial charge in [0.05, 0.1) is 13.2 Å². The van der Waals surface area contributed by atoms with Crippen molar-refractivity contribution in [3.8, 4) is 0 Å². The summed E-state index contributed by atoms with van der Waals surface area (Å²) in [6, 6.07) is 0. The Hall–Kier alpha value is -1.77. The third-order valence-electron chi connectivity index (χ3n) is 13.8. The number of carbonyl (C=O) groups is 2. The second kappa shape index (κ2) is 58.5. The Balaban J connectivity index is 3.92. The maximum absolute atomic E-state index is 12.7. The van der Waals surface area contributed by atoms with Crippen molar-refractivity contribution in [2.75, 3.05) is 26.4 Å². The summed E-state index contributed by atoms with van der Waals surface area (Å²) in [6.07, 6.45) is 70.7. The van der Waals surface area contributed by atoms with Gasteiger partial charge in [0.1, 0.15) is 6.61 Å². The van der Waals surface area contributed by atoms with Crippen molar-refractivity contribution in [2.24, 2.45) is 5.73 Å². The van der Waals surface area contributed by atoms with Gasteiger partial charge in [0.2, 0.25) is 0 Å². The number of hydrogen-bond acceptors (Lipinski definition) is 8. The van der Waals surface area contributed by atoms with Crippen LogP contribution in [0.2, 0.25) is 0 Å². The topological polar surface area (TPSA) is 134 Å². The number of phosphoric acid groups is 1. The zero-order valence-electron chi connectivity index (χ0n) is 47.4. The molecule has 2 atom stereocenters. The molecule has 424 valence electrons. The minimum absolute atomic E-state index is 0.0540. The third-order valence-corrected chi connectivity index (χ3v) is 14.8. The molecule has 0 fully saturated rings. The van der Waals surface area contributed by atoms with Gasteiger partial charge in [-0.25, -0.2) is 4.57 Å². The standard InChI is InChI=1S/C62H118NO8P/c1-3-5-7-9-11-13-15-17-19-21-23-25-27-29-31-32-34-36-38-40-42-44-46-48-50-52-54-61(64)68-58-60(59-70-72(66,67)69-57-56-63)71-62(65)55-53-51-49-47-45-43-41-39-37-35-33-30-28-26-24-22-20-18-16-14-12-10-8-6-4-2/h16,18,22,24,28,30,60H,3-15,17,19-21,23,25-27,29,31-59,63H2,1-2H3,(H,66,67)/b18-16-,24-22-,30-28-. The molecule has 0 saturated carbocycles. The molecule has 0 amide bonds. The van der Waals surface area contributed by atoms with Crippen LogP contribution in [-0.4, -0.2) is 49.3 Å². The summed E-state index contributed by atoms with van der Waals surface area (Å²) in [5.74, 6) is -0.816. The van der Waals surface area contributed by atoms with Crippen molar-refractivity contribution >= 4 is 19.8 Å². The molecule has 0 heterocycles. The first kappa shape index (κ1) is 70.2. The van der Waals surface area contributed by atoms with E-state index in [0.29, 0.717) is 6.42 Å². The van der Waals surface area contributed by atoms with E-state index in [1.165, 1.54) is 231 Å². The number of unbranched alkanes of at least 4 members (excludes halogenated alkanes) is 40. The average molecular weight is 1040 g/mol. The van der Waals surface area contributed by atoms with E-state index in [-0.39, 0.29) is 38.6 Å². The van der Waals surface area contributed by atoms with Crippen LogP contribution in [-0.2, 0) is 32.7 Å². The van der Waals surface area contributed by atoms with Crippen LogP contribution in [0.3, 0.4) is 0 Å². The lowest BCUT2D eigenvalue weighted by Crippen LogP contribution is -2.29. The second-order valence-electron chi connectivity index (χ2n) is 20.9. The molecule has 0 aromatic carbocycles. The van der Waals surface area contributed by atoms with Crippen LogP contribution >= 0.6 is 7.82 Å². The third kappa shape index (κ3) is 57.5. The minimum Gasteiger partial charge on any atom is -0.462 e. The molecule has 2 unspecified atom stereocenters. The normalized spacial score (nSPS) is 13.2. The Morgan fingerprint density at radius 3 is 1.07 bits per heavy atom. The van der Waals surface area contributed by atoms with E-state index in [9.17, 15) is 19.0 Å². The first-order valence-electron chi connectivity index (χ1n) is 31.0. The van der Waals surface area contributed by atoms with Crippen LogP contribution in [0.1, 0.15) is 316 Å². The highest BCUT2D eigenvalue weighted by molar-refractivity contribution is 7.47. The number of hydrogen-bond donors (Lipinski definition) is 2. The van der Waals surface area contributed by atoms with Crippen molar-refractivity contribution in [1.82, 2.24) is 0 Å². The molecule has 3 N–H and O–H groups in total. The van der Waals surface area contributed by atoms with E-state index in [1.54, 1.807) is 0 Å². The summed E-state index contributed by atoms with van der Waals surface area (Å²) in [6.45, 7) is 3.79. The predicted octanol–water partition coefficient (Wildman–Crippen LogP) is 19.6. The molecule has 0 aromatic rings. The molecule has 0 radical (unpaired) electrons. The van der Waals surface area contributed by atoms with Gasteiger partial charge in [-0.05, 0) is 51.4 Å². The smallest absolute Gasteiger partial charge is 0.462 e. The van der Waals surface area contributed by atoms with Crippen LogP contribution in [0.4, 0.5) is 0 Å². The van der Waals surface area contributed by atoms with Gasteiger partial charge in [-0.15, -0.1) is 0 Å². The Bertz CT molecular complexity index is 1270. The van der Waals surface area contributed by atoms with Crippen molar-refractivity contribution in [3.05, 3.63) is 36.5 Å². The number of esters is 2. The lowest BCUT2D eigenvalue weighted by Gasteiger charge is -2.19. The van der Waals surface area contributed by atoms with Crippen molar-refractivity contribution in [3.63, 3.8) is 0 Å². The average Bonchev–Trinajstić information content (AvgIpc) is 3.37. The zero-order valence-corrected chi connectivity index (χ0v) is 48.3. The SMILES string of the molecule is CCCCCCC/C=C\C/C=C\C/C=C\CCCCCCCCCCCCC(=O)OC(COC(=O)CCCCCCCCCCCCCCCCCCCCCCCCCCCC)COP(=O)(O)OCCN. The summed E-state index contributed by atoms with van der Waals surface area (Å²) >= 11 is 0. The maximum atomic E-state index is 12.7. The Labute approximate surface area is 445 Å². The van der Waals surface area contributed by atoms with Crippen LogP contribution in [0.25, 0.3) is 0 Å². The van der Waals surface area contributed by atoms with Crippen molar-refractivity contribution in [1.29, 1.82) is 0 Å². The number of phosphoric ester groups is 1. The van der Waals surface area contributed by atoms with Gasteiger partial charge in [-0.2, -0.15) is 0 Å². The highest BCUT2D eigenvalue weighted by Gasteiger charge is 2.26. The van der Waals surface area contributed by atoms with Gasteiger partial charge in [-0.3, -0.25) is 18.6 Å². The molecule has 72 heavy (non-hydrogen) atoms. The monoisotopic (exact) mass is 1040 g/mol. The number of nitrogens with two attached hydrogens (primary N) is 1. The van der Waals surface area contributed by atoms with Gasteiger partial charge in [0, 0.05) is 19.4 Å². The molecule has 10 heteroatoms. The van der Waals surface area contributed by atoms with E-state index in [4.69, 9.17) is 24.3 Å². The predicted molar refractivity (Wildman–Crippen MR) is 307 cm³/mol. The first-order chi connectivity index (χ1) is 35.3. The Morgan fingerprint density at radius 1 is 0.417 bits per heavy atom. The van der Waals surface area contributed by atoms with Crippen molar-refractivity contribution in [2.45, 2.75) is 322 Å². The quantitative estimate of drug-likeness (QED) is 0.0264. The molecular weight excluding hydrogens is 918 g/mol. The molecule has 0 rings (SSSR count). The van der Waals surface area contributed by atoms with Gasteiger partial charge in [-0.1, -0.05) is 288 Å². The van der Waals surface area contributed by atoms with Crippen LogP contribution in [0.15, 0.2) is 36.5 Å². The molecule has 0 aliphatic carbocycles. The molecule has 0 bridgehead atoms. The number of allylic oxidation sites excluding steroid dienone is 6. The van der Waals surface area contributed by atoms with Crippen molar-refractivity contribution < 1.29 is 37.6 Å². The molecule has 0 aromatic heterocycles. The molecule has 0 aliphatic rings. The fourth-order valence-corrected chi connectivity index (χ4v) is 9.94. The molecule has 0 spiro atoms. The number of ether oxygens (including phenoxy) is 2. The van der Waals surface area contributed by atoms with E-state index in [2.05, 4.69) is 50.3 Å². The summed E-state index contributed by atoms with van der Waals surface area (Å²) in [5.41, 5.74) is 5.39. The number of carbonyl (C=O) groups excluding carboxylic acids is 2. The van der Waals surface area contributed by atoms with E-state index in [1.807, 2.05) is 0 Å². The Morgan fingerprint density at radius 2 is 0.722 bits per heavy atom. The van der Waals surface area contributed by atoms with Crippen LogP contribution < -0.4 is 5.73 Å². The van der Waals surface area contributed by atoms with Gasteiger partial charge < -0.3 is 20.1 Å². The fourth-order valence-electron chi connectivity index (χ4n) is 9.18. The minimum atomic E-state index is -4.39. The maximum Gasteiger partial charge on any atom is 0.472 e. The van der Waals surface area contributed by atoms with Gasteiger partial charge in [0.25, 0.3) is 0 Å². The molecule has 9 nitrogen and oxygen atoms in total. The van der Waals surface area contributed by atoms with Gasteiger partial charge in [0.15, 0.2) is 6.10 Å². The van der Waals surface area contributed by atoms with E-state index in [0.717, 1.165) is 51.4 Å². The summed E-state index contributed by atoms with van der Waals surface area (Å²) in [7, 11) is -4.39. The largest absolute Gasteiger partial charge is 0.472 e. The zero-order chi connectivity index (χ0) is 52.4. The summed E-state index contributed by atoms with van der Waals surface area (Å²) < 4.78 is 33.1. The van der Waals surface area contributed by atoms with Gasteiger partial charge >= 0.3 is 19.8 Å². The second-order valence-corrected chi connectivity index (χ2v) is 22.4. The molecule has 0 saturated heterocycles. The number of rotatable bonds is 59. The summed E-state index contributed by atoms with van der Waals surface area (Å²) in [4.78, 5) is 35.2. The first-order valence-corrected chi connectivity index (χ1v) is 32.5. The van der Waals surface area contributed by atoms with E-state index < -0.39 is 26.5 Å². The highest BCUT2D eigenvalue weighted by atomic mass is 31.2. The highest BCUT2D eigenvalue weighted by Crippen LogP contribution is 2.43. The lowest BCUT2D eigenvalue weighted by molar-refractivity contribution is -0.161. The molecular formula is C62H118NO8P. The van der Waals surface area contributed by atoms with Crippen LogP contribution in [0.5, 0.6) is 0 Å². The lowest BCUT2D eigenvalue weighted by atomic mass is 10.0. The summed E-state index contributed by atoms with van der Waals surface area (Å²) in [5, 5.41) is 0. The fraction of sp³-hybridized carbons (Fsp3) is 0.871. The van der Waals surface area contributed by atoms with Crippen LogP contribution in [0, 0.1) is 0 Å². The molecule has 0 aliphatic heterocycles.